The SMILES string of the molecule is CCCCOC1CCC(C2OCC(C3CCC(c4ccc(CCC=C(F)F)cc4)CC3)CO2)CC1. The molecule has 35 heavy (non-hydrogen) atoms. The van der Waals surface area contributed by atoms with Crippen molar-refractivity contribution >= 4 is 0 Å². The molecule has 0 bridgehead atoms. The van der Waals surface area contributed by atoms with Gasteiger partial charge in [-0.2, -0.15) is 8.78 Å². The largest absolute Gasteiger partial charge is 0.378 e. The molecule has 0 unspecified atom stereocenters. The Morgan fingerprint density at radius 2 is 1.54 bits per heavy atom. The molecule has 0 radical (unpaired) electrons. The van der Waals surface area contributed by atoms with E-state index in [2.05, 4.69) is 31.2 Å². The minimum Gasteiger partial charge on any atom is -0.378 e. The van der Waals surface area contributed by atoms with Gasteiger partial charge in [0, 0.05) is 18.4 Å². The molecule has 1 aromatic carbocycles. The number of hydrogen-bond donors (Lipinski definition) is 0. The number of rotatable bonds is 10. The molecular formula is C30H44F2O3. The molecule has 2 aliphatic carbocycles. The molecule has 0 spiro atoms. The van der Waals surface area contributed by atoms with Crippen LogP contribution in [0.25, 0.3) is 0 Å². The van der Waals surface area contributed by atoms with Gasteiger partial charge in [-0.15, -0.1) is 0 Å². The molecule has 4 rings (SSSR count). The average Bonchev–Trinajstić information content (AvgIpc) is 2.90. The summed E-state index contributed by atoms with van der Waals surface area (Å²) in [5, 5.41) is 0. The van der Waals surface area contributed by atoms with Crippen molar-refractivity contribution in [2.24, 2.45) is 17.8 Å². The Morgan fingerprint density at radius 1 is 0.886 bits per heavy atom. The Hall–Kier alpha value is -1.30. The molecule has 0 N–H and O–H groups in total. The summed E-state index contributed by atoms with van der Waals surface area (Å²) in [5.41, 5.74) is 2.52. The minimum absolute atomic E-state index is 0.0189. The molecule has 3 fully saturated rings. The van der Waals surface area contributed by atoms with E-state index in [0.717, 1.165) is 63.6 Å². The van der Waals surface area contributed by atoms with E-state index < -0.39 is 6.08 Å². The monoisotopic (exact) mass is 490 g/mol. The van der Waals surface area contributed by atoms with Crippen LogP contribution in [0, 0.1) is 17.8 Å². The van der Waals surface area contributed by atoms with Gasteiger partial charge in [-0.05, 0) is 99.7 Å². The Labute approximate surface area is 210 Å². The Kier molecular flexibility index (Phi) is 10.6. The fourth-order valence-electron chi connectivity index (χ4n) is 6.23. The molecule has 0 atom stereocenters. The van der Waals surface area contributed by atoms with E-state index in [4.69, 9.17) is 14.2 Å². The van der Waals surface area contributed by atoms with E-state index in [1.807, 2.05) is 0 Å². The number of halogens is 2. The zero-order chi connectivity index (χ0) is 24.5. The Morgan fingerprint density at radius 3 is 2.17 bits per heavy atom. The Bertz CT molecular complexity index is 752. The van der Waals surface area contributed by atoms with Crippen LogP contribution < -0.4 is 0 Å². The maximum absolute atomic E-state index is 12.2. The fraction of sp³-hybridized carbons (Fsp3) is 0.733. The van der Waals surface area contributed by atoms with Gasteiger partial charge in [0.25, 0.3) is 6.08 Å². The predicted molar refractivity (Wildman–Crippen MR) is 136 cm³/mol. The van der Waals surface area contributed by atoms with Crippen molar-refractivity contribution in [2.45, 2.75) is 102 Å². The smallest absolute Gasteiger partial charge is 0.266 e. The second kappa shape index (κ2) is 13.9. The molecule has 3 aliphatic rings. The van der Waals surface area contributed by atoms with Crippen LogP contribution in [-0.4, -0.2) is 32.2 Å². The van der Waals surface area contributed by atoms with Crippen LogP contribution in [0.3, 0.4) is 0 Å². The van der Waals surface area contributed by atoms with Crippen molar-refractivity contribution in [3.05, 3.63) is 47.5 Å². The second-order valence-corrected chi connectivity index (χ2v) is 10.9. The van der Waals surface area contributed by atoms with Crippen molar-refractivity contribution in [1.29, 1.82) is 0 Å². The third-order valence-corrected chi connectivity index (χ3v) is 8.53. The van der Waals surface area contributed by atoms with E-state index in [9.17, 15) is 8.78 Å². The van der Waals surface area contributed by atoms with E-state index in [0.29, 0.717) is 42.6 Å². The summed E-state index contributed by atoms with van der Waals surface area (Å²) >= 11 is 0. The zero-order valence-corrected chi connectivity index (χ0v) is 21.4. The molecule has 1 saturated heterocycles. The summed E-state index contributed by atoms with van der Waals surface area (Å²) in [4.78, 5) is 0. The molecule has 1 aromatic rings. The lowest BCUT2D eigenvalue weighted by molar-refractivity contribution is -0.238. The molecular weight excluding hydrogens is 446 g/mol. The summed E-state index contributed by atoms with van der Waals surface area (Å²) in [6, 6.07) is 8.63. The number of unbranched alkanes of at least 4 members (excludes halogenated alkanes) is 1. The van der Waals surface area contributed by atoms with E-state index in [1.54, 1.807) is 0 Å². The van der Waals surface area contributed by atoms with Crippen LogP contribution in [0.2, 0.25) is 0 Å². The van der Waals surface area contributed by atoms with Crippen LogP contribution in [-0.2, 0) is 20.6 Å². The summed E-state index contributed by atoms with van der Waals surface area (Å²) in [5.74, 6) is 2.34. The molecule has 0 amide bonds. The predicted octanol–water partition coefficient (Wildman–Crippen LogP) is 8.04. The highest BCUT2D eigenvalue weighted by Crippen LogP contribution is 2.41. The molecule has 1 aliphatic heterocycles. The first-order valence-corrected chi connectivity index (χ1v) is 14.1. The fourth-order valence-corrected chi connectivity index (χ4v) is 6.23. The highest BCUT2D eigenvalue weighted by molar-refractivity contribution is 5.26. The van der Waals surface area contributed by atoms with E-state index in [-0.39, 0.29) is 6.29 Å². The zero-order valence-electron chi connectivity index (χ0n) is 21.4. The number of benzene rings is 1. The van der Waals surface area contributed by atoms with Gasteiger partial charge in [-0.1, -0.05) is 37.6 Å². The van der Waals surface area contributed by atoms with Crippen molar-refractivity contribution in [2.75, 3.05) is 19.8 Å². The van der Waals surface area contributed by atoms with Gasteiger partial charge < -0.3 is 14.2 Å². The van der Waals surface area contributed by atoms with Gasteiger partial charge in [-0.3, -0.25) is 0 Å². The average molecular weight is 491 g/mol. The lowest BCUT2D eigenvalue weighted by Crippen LogP contribution is -2.42. The molecule has 3 nitrogen and oxygen atoms in total. The van der Waals surface area contributed by atoms with Crippen molar-refractivity contribution < 1.29 is 23.0 Å². The second-order valence-electron chi connectivity index (χ2n) is 10.9. The highest BCUT2D eigenvalue weighted by Gasteiger charge is 2.36. The first-order chi connectivity index (χ1) is 17.1. The van der Waals surface area contributed by atoms with Gasteiger partial charge in [0.15, 0.2) is 6.29 Å². The third-order valence-electron chi connectivity index (χ3n) is 8.53. The summed E-state index contributed by atoms with van der Waals surface area (Å²) < 4.78 is 43.0. The lowest BCUT2D eigenvalue weighted by Gasteiger charge is -2.41. The van der Waals surface area contributed by atoms with Gasteiger partial charge in [-0.25, -0.2) is 0 Å². The Balaban J connectivity index is 1.14. The quantitative estimate of drug-likeness (QED) is 0.311. The van der Waals surface area contributed by atoms with Gasteiger partial charge >= 0.3 is 0 Å². The summed E-state index contributed by atoms with van der Waals surface area (Å²) in [6.45, 7) is 4.80. The molecule has 5 heteroatoms. The number of ether oxygens (including phenoxy) is 3. The van der Waals surface area contributed by atoms with E-state index in [1.165, 1.54) is 37.7 Å². The number of allylic oxidation sites excluding steroid dienone is 1. The number of aryl methyl sites for hydroxylation is 1. The summed E-state index contributed by atoms with van der Waals surface area (Å²) in [6.07, 6.45) is 12.7. The highest BCUT2D eigenvalue weighted by atomic mass is 19.3. The topological polar surface area (TPSA) is 27.7 Å². The standard InChI is InChI=1S/C30H44F2O3/c1-2-3-19-33-28-17-15-26(16-18-28)30-34-20-27(21-35-30)25-13-11-24(12-14-25)23-9-7-22(8-10-23)5-4-6-29(31)32/h6-10,24-28,30H,2-5,11-21H2,1H3. The van der Waals surface area contributed by atoms with Gasteiger partial charge in [0.05, 0.1) is 19.3 Å². The first-order valence-electron chi connectivity index (χ1n) is 14.1. The van der Waals surface area contributed by atoms with Crippen LogP contribution in [0.15, 0.2) is 36.4 Å². The van der Waals surface area contributed by atoms with Crippen molar-refractivity contribution in [3.8, 4) is 0 Å². The maximum atomic E-state index is 12.2. The van der Waals surface area contributed by atoms with Gasteiger partial charge in [0.2, 0.25) is 0 Å². The van der Waals surface area contributed by atoms with Crippen LogP contribution in [0.5, 0.6) is 0 Å². The van der Waals surface area contributed by atoms with Crippen LogP contribution in [0.1, 0.15) is 94.6 Å². The third kappa shape index (κ3) is 8.10. The number of hydrogen-bond acceptors (Lipinski definition) is 3. The molecule has 1 heterocycles. The van der Waals surface area contributed by atoms with Gasteiger partial charge in [0.1, 0.15) is 0 Å². The first kappa shape index (κ1) is 26.8. The van der Waals surface area contributed by atoms with Crippen molar-refractivity contribution in [3.63, 3.8) is 0 Å². The van der Waals surface area contributed by atoms with Crippen LogP contribution in [0.4, 0.5) is 8.78 Å². The summed E-state index contributed by atoms with van der Waals surface area (Å²) in [7, 11) is 0. The lowest BCUT2D eigenvalue weighted by atomic mass is 9.74. The normalized spacial score (nSPS) is 31.7. The molecule has 2 saturated carbocycles. The molecule has 196 valence electrons. The van der Waals surface area contributed by atoms with E-state index >= 15 is 0 Å². The molecule has 0 aromatic heterocycles. The maximum Gasteiger partial charge on any atom is 0.266 e. The van der Waals surface area contributed by atoms with Crippen molar-refractivity contribution in [1.82, 2.24) is 0 Å². The minimum atomic E-state index is -1.59. The van der Waals surface area contributed by atoms with Crippen LogP contribution >= 0.6 is 0 Å².